The van der Waals surface area contributed by atoms with Gasteiger partial charge in [-0.05, 0) is 71.1 Å². The van der Waals surface area contributed by atoms with Crippen LogP contribution in [0, 0.1) is 11.8 Å². The first-order chi connectivity index (χ1) is 14.2. The Kier molecular flexibility index (Phi) is 7.42. The summed E-state index contributed by atoms with van der Waals surface area (Å²) in [5.41, 5.74) is 0.657. The van der Waals surface area contributed by atoms with Crippen molar-refractivity contribution < 1.29 is 9.53 Å². The Bertz CT molecular complexity index is 670. The molecule has 1 amide bonds. The Morgan fingerprint density at radius 3 is 2.13 bits per heavy atom. The monoisotopic (exact) mass is 417 g/mol. The van der Waals surface area contributed by atoms with Crippen molar-refractivity contribution in [3.63, 3.8) is 0 Å². The molecule has 168 valence electrons. The number of hydrogen-bond donors (Lipinski definition) is 2. The van der Waals surface area contributed by atoms with Crippen molar-refractivity contribution in [2.24, 2.45) is 11.8 Å². The number of rotatable bonds is 5. The van der Waals surface area contributed by atoms with Crippen molar-refractivity contribution in [3.05, 3.63) is 12.4 Å². The van der Waals surface area contributed by atoms with Gasteiger partial charge in [-0.1, -0.05) is 13.8 Å². The van der Waals surface area contributed by atoms with Gasteiger partial charge in [-0.2, -0.15) is 0 Å². The topological polar surface area (TPSA) is 79.4 Å². The first kappa shape index (κ1) is 22.6. The summed E-state index contributed by atoms with van der Waals surface area (Å²) in [6.07, 6.45) is 9.88. The highest BCUT2D eigenvalue weighted by Gasteiger charge is 2.25. The molecule has 0 atom stereocenters. The van der Waals surface area contributed by atoms with Gasteiger partial charge in [-0.15, -0.1) is 0 Å². The van der Waals surface area contributed by atoms with Crippen LogP contribution in [-0.2, 0) is 4.74 Å². The molecule has 1 aromatic rings. The molecule has 0 aromatic carbocycles. The van der Waals surface area contributed by atoms with E-state index in [2.05, 4.69) is 39.3 Å². The highest BCUT2D eigenvalue weighted by atomic mass is 16.6. The van der Waals surface area contributed by atoms with Gasteiger partial charge >= 0.3 is 6.09 Å². The van der Waals surface area contributed by atoms with Crippen molar-refractivity contribution in [2.75, 3.05) is 23.3 Å². The summed E-state index contributed by atoms with van der Waals surface area (Å²) in [6.45, 7) is 12.5. The van der Waals surface area contributed by atoms with Crippen LogP contribution in [0.5, 0.6) is 0 Å². The third kappa shape index (κ3) is 6.74. The van der Waals surface area contributed by atoms with Crippen LogP contribution in [0.2, 0.25) is 0 Å². The lowest BCUT2D eigenvalue weighted by Gasteiger charge is -2.35. The van der Waals surface area contributed by atoms with E-state index in [1.165, 1.54) is 12.8 Å². The summed E-state index contributed by atoms with van der Waals surface area (Å²) < 4.78 is 5.35. The number of amides is 1. The molecule has 0 spiro atoms. The van der Waals surface area contributed by atoms with E-state index in [1.807, 2.05) is 33.2 Å². The molecule has 2 heterocycles. The number of nitrogens with one attached hydrogen (secondary N) is 2. The van der Waals surface area contributed by atoms with Crippen molar-refractivity contribution in [2.45, 2.75) is 90.8 Å². The van der Waals surface area contributed by atoms with Crippen LogP contribution in [0.25, 0.3) is 0 Å². The first-order valence-corrected chi connectivity index (χ1v) is 11.5. The van der Waals surface area contributed by atoms with E-state index in [-0.39, 0.29) is 12.1 Å². The standard InChI is InChI=1S/C23H39N5O2/c1-16(2)17-10-12-28(13-11-17)20-14-24-21(25-15-20)26-18-6-8-19(9-7-18)27-22(29)30-23(3,4)5/h14-19H,6-13H2,1-5H3,(H,27,29)(H,24,25,26). The number of anilines is 2. The predicted molar refractivity (Wildman–Crippen MR) is 121 cm³/mol. The fourth-order valence-corrected chi connectivity index (χ4v) is 4.42. The zero-order valence-electron chi connectivity index (χ0n) is 19.3. The third-order valence-corrected chi connectivity index (χ3v) is 6.27. The molecule has 0 unspecified atom stereocenters. The molecule has 1 saturated heterocycles. The number of carbonyl (C=O) groups excluding carboxylic acids is 1. The maximum absolute atomic E-state index is 11.9. The summed E-state index contributed by atoms with van der Waals surface area (Å²) in [7, 11) is 0. The lowest BCUT2D eigenvalue weighted by molar-refractivity contribution is 0.0492. The van der Waals surface area contributed by atoms with Crippen molar-refractivity contribution in [1.82, 2.24) is 15.3 Å². The Labute approximate surface area is 181 Å². The molecule has 2 aliphatic rings. The van der Waals surface area contributed by atoms with Gasteiger partial charge in [0.2, 0.25) is 5.95 Å². The quantitative estimate of drug-likeness (QED) is 0.729. The number of carbonyl (C=O) groups is 1. The molecule has 0 radical (unpaired) electrons. The Hall–Kier alpha value is -2.05. The van der Waals surface area contributed by atoms with Gasteiger partial charge in [-0.25, -0.2) is 14.8 Å². The minimum absolute atomic E-state index is 0.176. The number of alkyl carbamates (subject to hydrolysis) is 1. The fraction of sp³-hybridized carbons (Fsp3) is 0.783. The molecular weight excluding hydrogens is 378 g/mol. The van der Waals surface area contributed by atoms with Gasteiger partial charge in [-0.3, -0.25) is 0 Å². The summed E-state index contributed by atoms with van der Waals surface area (Å²) in [4.78, 5) is 23.5. The molecule has 2 fully saturated rings. The lowest BCUT2D eigenvalue weighted by atomic mass is 9.87. The molecule has 1 aliphatic heterocycles. The second-order valence-electron chi connectivity index (χ2n) is 10.2. The highest BCUT2D eigenvalue weighted by Crippen LogP contribution is 2.28. The van der Waals surface area contributed by atoms with Gasteiger partial charge in [0.15, 0.2) is 0 Å². The average Bonchev–Trinajstić information content (AvgIpc) is 2.69. The summed E-state index contributed by atoms with van der Waals surface area (Å²) in [5, 5.41) is 6.45. The van der Waals surface area contributed by atoms with E-state index in [1.54, 1.807) is 0 Å². The first-order valence-electron chi connectivity index (χ1n) is 11.5. The molecule has 3 rings (SSSR count). The van der Waals surface area contributed by atoms with Crippen LogP contribution in [0.3, 0.4) is 0 Å². The molecular formula is C23H39N5O2. The number of ether oxygens (including phenoxy) is 1. The van der Waals surface area contributed by atoms with Crippen LogP contribution in [0.1, 0.15) is 73.1 Å². The fourth-order valence-electron chi connectivity index (χ4n) is 4.42. The normalized spacial score (nSPS) is 23.3. The number of aromatic nitrogens is 2. The minimum atomic E-state index is -0.462. The van der Waals surface area contributed by atoms with Gasteiger partial charge < -0.3 is 20.3 Å². The van der Waals surface area contributed by atoms with Gasteiger partial charge in [0.1, 0.15) is 5.60 Å². The largest absolute Gasteiger partial charge is 0.444 e. The maximum Gasteiger partial charge on any atom is 0.407 e. The van der Waals surface area contributed by atoms with E-state index in [9.17, 15) is 4.79 Å². The van der Waals surface area contributed by atoms with Crippen molar-refractivity contribution >= 4 is 17.7 Å². The predicted octanol–water partition coefficient (Wildman–Crippen LogP) is 4.60. The highest BCUT2D eigenvalue weighted by molar-refractivity contribution is 5.68. The summed E-state index contributed by atoms with van der Waals surface area (Å²) in [6, 6.07) is 0.518. The maximum atomic E-state index is 11.9. The molecule has 30 heavy (non-hydrogen) atoms. The van der Waals surface area contributed by atoms with Gasteiger partial charge in [0.25, 0.3) is 0 Å². The molecule has 7 nitrogen and oxygen atoms in total. The zero-order chi connectivity index (χ0) is 21.7. The second-order valence-corrected chi connectivity index (χ2v) is 10.2. The van der Waals surface area contributed by atoms with Crippen molar-refractivity contribution in [3.8, 4) is 0 Å². The van der Waals surface area contributed by atoms with Crippen LogP contribution in [-0.4, -0.2) is 46.8 Å². The summed E-state index contributed by atoms with van der Waals surface area (Å²) in [5.74, 6) is 2.30. The molecule has 1 saturated carbocycles. The van der Waals surface area contributed by atoms with Gasteiger partial charge in [0.05, 0.1) is 18.1 Å². The van der Waals surface area contributed by atoms with Crippen molar-refractivity contribution in [1.29, 1.82) is 0 Å². The Morgan fingerprint density at radius 2 is 1.60 bits per heavy atom. The molecule has 0 bridgehead atoms. The Balaban J connectivity index is 1.41. The number of hydrogen-bond acceptors (Lipinski definition) is 6. The van der Waals surface area contributed by atoms with Crippen LogP contribution in [0.15, 0.2) is 12.4 Å². The molecule has 7 heteroatoms. The number of piperidine rings is 1. The van der Waals surface area contributed by atoms with E-state index in [0.717, 1.165) is 56.3 Å². The van der Waals surface area contributed by atoms with Crippen LogP contribution >= 0.6 is 0 Å². The van der Waals surface area contributed by atoms with Crippen LogP contribution < -0.4 is 15.5 Å². The second kappa shape index (κ2) is 9.84. The zero-order valence-corrected chi connectivity index (χ0v) is 19.3. The molecule has 1 aliphatic carbocycles. The Morgan fingerprint density at radius 1 is 1.03 bits per heavy atom. The van der Waals surface area contributed by atoms with E-state index >= 15 is 0 Å². The molecule has 2 N–H and O–H groups in total. The van der Waals surface area contributed by atoms with Gasteiger partial charge in [0, 0.05) is 25.2 Å². The average molecular weight is 418 g/mol. The third-order valence-electron chi connectivity index (χ3n) is 6.27. The SMILES string of the molecule is CC(C)C1CCN(c2cnc(NC3CCC(NC(=O)OC(C)(C)C)CC3)nc2)CC1. The lowest BCUT2D eigenvalue weighted by Crippen LogP contribution is -2.42. The van der Waals surface area contributed by atoms with E-state index < -0.39 is 5.60 Å². The number of nitrogens with zero attached hydrogens (tertiary/aromatic N) is 3. The minimum Gasteiger partial charge on any atom is -0.444 e. The summed E-state index contributed by atoms with van der Waals surface area (Å²) >= 11 is 0. The van der Waals surface area contributed by atoms with E-state index in [4.69, 9.17) is 4.74 Å². The van der Waals surface area contributed by atoms with E-state index in [0.29, 0.717) is 12.0 Å². The smallest absolute Gasteiger partial charge is 0.407 e. The molecule has 1 aromatic heterocycles. The van der Waals surface area contributed by atoms with Crippen LogP contribution in [0.4, 0.5) is 16.4 Å².